The van der Waals surface area contributed by atoms with E-state index in [0.29, 0.717) is 5.92 Å². The van der Waals surface area contributed by atoms with Crippen molar-refractivity contribution in [3.05, 3.63) is 12.2 Å². The molecule has 11 heavy (non-hydrogen) atoms. The summed E-state index contributed by atoms with van der Waals surface area (Å²) in [5, 5.41) is 0. The largest absolute Gasteiger partial charge is 0.247 e. The summed E-state index contributed by atoms with van der Waals surface area (Å²) in [7, 11) is 0. The lowest BCUT2D eigenvalue weighted by Gasteiger charge is -2.30. The van der Waals surface area contributed by atoms with Gasteiger partial charge in [0.05, 0.1) is 0 Å². The summed E-state index contributed by atoms with van der Waals surface area (Å²) in [6.07, 6.45) is 4.61. The standard InChI is InChI=1S/C10H17F/c1-4-9-6-5-7(2)10(11)8(9)3/h5-10H,4H2,1-3H3. The average molecular weight is 156 g/mol. The minimum absolute atomic E-state index is 0.118. The van der Waals surface area contributed by atoms with Crippen molar-refractivity contribution in [3.8, 4) is 0 Å². The predicted octanol–water partition coefficient (Wildman–Crippen LogP) is 3.19. The Hall–Kier alpha value is -0.330. The van der Waals surface area contributed by atoms with Crippen molar-refractivity contribution in [3.63, 3.8) is 0 Å². The Bertz CT molecular complexity index is 151. The van der Waals surface area contributed by atoms with E-state index in [9.17, 15) is 4.39 Å². The molecule has 0 bridgehead atoms. The molecule has 4 unspecified atom stereocenters. The molecule has 0 aromatic carbocycles. The summed E-state index contributed by atoms with van der Waals surface area (Å²) >= 11 is 0. The second kappa shape index (κ2) is 3.38. The van der Waals surface area contributed by atoms with Crippen molar-refractivity contribution in [1.29, 1.82) is 0 Å². The van der Waals surface area contributed by atoms with Gasteiger partial charge in [0, 0.05) is 5.92 Å². The number of hydrogen-bond donors (Lipinski definition) is 0. The van der Waals surface area contributed by atoms with Crippen molar-refractivity contribution in [2.45, 2.75) is 33.4 Å². The molecule has 0 aromatic heterocycles. The van der Waals surface area contributed by atoms with E-state index in [1.807, 2.05) is 19.9 Å². The number of alkyl halides is 1. The maximum Gasteiger partial charge on any atom is 0.109 e. The molecule has 0 radical (unpaired) electrons. The fraction of sp³-hybridized carbons (Fsp3) is 0.800. The number of hydrogen-bond acceptors (Lipinski definition) is 0. The minimum atomic E-state index is -0.634. The quantitative estimate of drug-likeness (QED) is 0.511. The molecule has 0 aromatic rings. The summed E-state index contributed by atoms with van der Waals surface area (Å²) in [5.41, 5.74) is 0. The second-order valence-electron chi connectivity index (χ2n) is 3.62. The van der Waals surface area contributed by atoms with Crippen molar-refractivity contribution >= 4 is 0 Å². The smallest absolute Gasteiger partial charge is 0.109 e. The Kier molecular flexibility index (Phi) is 2.69. The minimum Gasteiger partial charge on any atom is -0.247 e. The van der Waals surface area contributed by atoms with E-state index in [4.69, 9.17) is 0 Å². The molecular formula is C10H17F. The monoisotopic (exact) mass is 156 g/mol. The summed E-state index contributed by atoms with van der Waals surface area (Å²) in [4.78, 5) is 0. The first-order valence-electron chi connectivity index (χ1n) is 4.49. The third-order valence-electron chi connectivity index (χ3n) is 2.81. The molecule has 0 aliphatic heterocycles. The molecule has 0 fully saturated rings. The Balaban J connectivity index is 2.68. The number of halogens is 1. The van der Waals surface area contributed by atoms with Crippen LogP contribution in [0.3, 0.4) is 0 Å². The summed E-state index contributed by atoms with van der Waals surface area (Å²) in [6.45, 7) is 6.08. The number of allylic oxidation sites excluding steroid dienone is 2. The van der Waals surface area contributed by atoms with E-state index in [2.05, 4.69) is 13.0 Å². The van der Waals surface area contributed by atoms with Gasteiger partial charge in [-0.05, 0) is 18.3 Å². The van der Waals surface area contributed by atoms with Crippen LogP contribution in [-0.2, 0) is 0 Å². The van der Waals surface area contributed by atoms with Crippen LogP contribution in [0.4, 0.5) is 4.39 Å². The molecule has 64 valence electrons. The lowest BCUT2D eigenvalue weighted by molar-refractivity contribution is 0.147. The van der Waals surface area contributed by atoms with E-state index in [-0.39, 0.29) is 11.8 Å². The van der Waals surface area contributed by atoms with Crippen LogP contribution in [-0.4, -0.2) is 6.17 Å². The van der Waals surface area contributed by atoms with Gasteiger partial charge in [0.2, 0.25) is 0 Å². The van der Waals surface area contributed by atoms with Crippen LogP contribution in [0.5, 0.6) is 0 Å². The first-order valence-corrected chi connectivity index (χ1v) is 4.49. The van der Waals surface area contributed by atoms with Crippen LogP contribution < -0.4 is 0 Å². The van der Waals surface area contributed by atoms with Gasteiger partial charge >= 0.3 is 0 Å². The summed E-state index contributed by atoms with van der Waals surface area (Å²) in [5.74, 6) is 0.786. The van der Waals surface area contributed by atoms with Gasteiger partial charge in [-0.1, -0.05) is 32.9 Å². The van der Waals surface area contributed by atoms with Gasteiger partial charge in [-0.3, -0.25) is 0 Å². The van der Waals surface area contributed by atoms with E-state index in [1.165, 1.54) is 0 Å². The lowest BCUT2D eigenvalue weighted by Crippen LogP contribution is -2.29. The van der Waals surface area contributed by atoms with Gasteiger partial charge in [0.15, 0.2) is 0 Å². The van der Waals surface area contributed by atoms with Crippen molar-refractivity contribution in [2.24, 2.45) is 17.8 Å². The van der Waals surface area contributed by atoms with E-state index >= 15 is 0 Å². The van der Waals surface area contributed by atoms with Crippen molar-refractivity contribution in [1.82, 2.24) is 0 Å². The second-order valence-corrected chi connectivity index (χ2v) is 3.62. The van der Waals surface area contributed by atoms with Crippen LogP contribution in [0.2, 0.25) is 0 Å². The molecule has 0 saturated heterocycles. The highest BCUT2D eigenvalue weighted by molar-refractivity contribution is 5.03. The van der Waals surface area contributed by atoms with Gasteiger partial charge in [-0.15, -0.1) is 0 Å². The zero-order valence-electron chi connectivity index (χ0n) is 7.55. The fourth-order valence-corrected chi connectivity index (χ4v) is 1.82. The Morgan fingerprint density at radius 2 is 1.91 bits per heavy atom. The Labute approximate surface area is 68.5 Å². The zero-order chi connectivity index (χ0) is 8.43. The lowest BCUT2D eigenvalue weighted by atomic mass is 9.78. The third-order valence-corrected chi connectivity index (χ3v) is 2.81. The highest BCUT2D eigenvalue weighted by atomic mass is 19.1. The predicted molar refractivity (Wildman–Crippen MR) is 46.1 cm³/mol. The molecule has 0 amide bonds. The number of rotatable bonds is 1. The molecule has 1 aliphatic carbocycles. The molecule has 0 spiro atoms. The van der Waals surface area contributed by atoms with Crippen molar-refractivity contribution in [2.75, 3.05) is 0 Å². The highest BCUT2D eigenvalue weighted by Crippen LogP contribution is 2.32. The molecular weight excluding hydrogens is 139 g/mol. The first kappa shape index (κ1) is 8.76. The first-order chi connectivity index (χ1) is 5.16. The van der Waals surface area contributed by atoms with Crippen LogP contribution in [0.15, 0.2) is 12.2 Å². The van der Waals surface area contributed by atoms with Gasteiger partial charge in [-0.2, -0.15) is 0 Å². The van der Waals surface area contributed by atoms with Crippen LogP contribution >= 0.6 is 0 Å². The molecule has 0 heterocycles. The van der Waals surface area contributed by atoms with Crippen LogP contribution in [0.1, 0.15) is 27.2 Å². The molecule has 0 N–H and O–H groups in total. The summed E-state index contributed by atoms with van der Waals surface area (Å²) < 4.78 is 13.4. The molecule has 1 aliphatic rings. The van der Waals surface area contributed by atoms with E-state index in [1.54, 1.807) is 0 Å². The van der Waals surface area contributed by atoms with E-state index in [0.717, 1.165) is 6.42 Å². The van der Waals surface area contributed by atoms with E-state index < -0.39 is 6.17 Å². The average Bonchev–Trinajstić information content (AvgIpc) is 2.01. The van der Waals surface area contributed by atoms with Crippen molar-refractivity contribution < 1.29 is 4.39 Å². The van der Waals surface area contributed by atoms with Gasteiger partial charge in [0.25, 0.3) is 0 Å². The molecule has 1 heteroatoms. The Morgan fingerprint density at radius 3 is 2.45 bits per heavy atom. The maximum atomic E-state index is 13.4. The zero-order valence-corrected chi connectivity index (χ0v) is 7.55. The van der Waals surface area contributed by atoms with Gasteiger partial charge < -0.3 is 0 Å². The Morgan fingerprint density at radius 1 is 1.27 bits per heavy atom. The van der Waals surface area contributed by atoms with Crippen LogP contribution in [0.25, 0.3) is 0 Å². The van der Waals surface area contributed by atoms with Gasteiger partial charge in [-0.25, -0.2) is 4.39 Å². The third kappa shape index (κ3) is 1.63. The van der Waals surface area contributed by atoms with Crippen LogP contribution in [0, 0.1) is 17.8 Å². The topological polar surface area (TPSA) is 0 Å². The maximum absolute atomic E-state index is 13.4. The molecule has 4 atom stereocenters. The normalized spacial score (nSPS) is 44.4. The van der Waals surface area contributed by atoms with Gasteiger partial charge in [0.1, 0.15) is 6.17 Å². The molecule has 0 nitrogen and oxygen atoms in total. The fourth-order valence-electron chi connectivity index (χ4n) is 1.82. The SMILES string of the molecule is CCC1C=CC(C)C(F)C1C. The molecule has 0 saturated carbocycles. The highest BCUT2D eigenvalue weighted by Gasteiger charge is 2.29. The molecule has 1 rings (SSSR count). The summed E-state index contributed by atoms with van der Waals surface area (Å²) in [6, 6.07) is 0.